The third-order valence-electron chi connectivity index (χ3n) is 3.26. The van der Waals surface area contributed by atoms with Gasteiger partial charge in [-0.25, -0.2) is 0 Å². The zero-order valence-corrected chi connectivity index (χ0v) is 11.8. The first-order valence-corrected chi connectivity index (χ1v) is 7.08. The van der Waals surface area contributed by atoms with Crippen LogP contribution in [0.2, 0.25) is 5.02 Å². The van der Waals surface area contributed by atoms with Crippen LogP contribution in [0, 0.1) is 0 Å². The average Bonchev–Trinajstić information content (AvgIpc) is 2.91. The van der Waals surface area contributed by atoms with Crippen LogP contribution in [0.15, 0.2) is 42.5 Å². The molecule has 4 heteroatoms. The highest BCUT2D eigenvalue weighted by Gasteiger charge is 2.16. The molecule has 1 heterocycles. The maximum absolute atomic E-state index is 6.21. The van der Waals surface area contributed by atoms with Gasteiger partial charge < -0.3 is 14.8 Å². The highest BCUT2D eigenvalue weighted by Crippen LogP contribution is 2.39. The fraction of sp³-hybridized carbons (Fsp3) is 0.250. The van der Waals surface area contributed by atoms with Crippen molar-refractivity contribution < 1.29 is 9.47 Å². The summed E-state index contributed by atoms with van der Waals surface area (Å²) in [6.45, 7) is 1.14. The van der Waals surface area contributed by atoms with Crippen molar-refractivity contribution in [1.29, 1.82) is 0 Å². The number of fused-ring (bicyclic) bond motifs is 1. The number of nitrogens with one attached hydrogen (secondary N) is 1. The van der Waals surface area contributed by atoms with Gasteiger partial charge in [-0.2, -0.15) is 0 Å². The van der Waals surface area contributed by atoms with E-state index in [9.17, 15) is 0 Å². The quantitative estimate of drug-likeness (QED) is 0.840. The fourth-order valence-electron chi connectivity index (χ4n) is 2.21. The molecule has 20 heavy (non-hydrogen) atoms. The lowest BCUT2D eigenvalue weighted by atomic mass is 10.1. The Morgan fingerprint density at radius 2 is 1.80 bits per heavy atom. The first-order valence-electron chi connectivity index (χ1n) is 6.70. The summed E-state index contributed by atoms with van der Waals surface area (Å²) in [5, 5.41) is 4.01. The summed E-state index contributed by atoms with van der Waals surface area (Å²) in [7, 11) is 0. The van der Waals surface area contributed by atoms with E-state index in [1.54, 1.807) is 6.07 Å². The molecule has 0 aliphatic carbocycles. The second kappa shape index (κ2) is 6.06. The van der Waals surface area contributed by atoms with Crippen molar-refractivity contribution in [1.82, 2.24) is 0 Å². The smallest absolute Gasteiger partial charge is 0.231 e. The summed E-state index contributed by atoms with van der Waals surface area (Å²) in [5.41, 5.74) is 2.25. The van der Waals surface area contributed by atoms with Crippen molar-refractivity contribution in [2.24, 2.45) is 0 Å². The SMILES string of the molecule is Clc1cc2c(cc1NCCCc1ccccc1)OCO2. The summed E-state index contributed by atoms with van der Waals surface area (Å²) < 4.78 is 10.6. The molecule has 1 N–H and O–H groups in total. The topological polar surface area (TPSA) is 30.5 Å². The minimum atomic E-state index is 0.267. The van der Waals surface area contributed by atoms with Gasteiger partial charge in [0.15, 0.2) is 11.5 Å². The van der Waals surface area contributed by atoms with Gasteiger partial charge in [0.2, 0.25) is 6.79 Å². The van der Waals surface area contributed by atoms with Crippen LogP contribution in [-0.2, 0) is 6.42 Å². The van der Waals surface area contributed by atoms with E-state index >= 15 is 0 Å². The Morgan fingerprint density at radius 3 is 2.60 bits per heavy atom. The number of anilines is 1. The van der Waals surface area contributed by atoms with E-state index < -0.39 is 0 Å². The van der Waals surface area contributed by atoms with Crippen LogP contribution in [0.5, 0.6) is 11.5 Å². The Labute approximate surface area is 123 Å². The summed E-state index contributed by atoms with van der Waals surface area (Å²) in [6, 6.07) is 14.2. The van der Waals surface area contributed by atoms with Crippen molar-refractivity contribution in [3.63, 3.8) is 0 Å². The van der Waals surface area contributed by atoms with Gasteiger partial charge in [0, 0.05) is 18.7 Å². The van der Waals surface area contributed by atoms with E-state index in [2.05, 4.69) is 29.6 Å². The largest absolute Gasteiger partial charge is 0.454 e. The Balaban J connectivity index is 1.54. The Hall–Kier alpha value is -1.87. The zero-order chi connectivity index (χ0) is 13.8. The van der Waals surface area contributed by atoms with Crippen molar-refractivity contribution >= 4 is 17.3 Å². The van der Waals surface area contributed by atoms with Crippen LogP contribution in [0.1, 0.15) is 12.0 Å². The molecule has 104 valence electrons. The summed E-state index contributed by atoms with van der Waals surface area (Å²) in [4.78, 5) is 0. The third kappa shape index (κ3) is 2.99. The second-order valence-electron chi connectivity index (χ2n) is 4.70. The molecular formula is C16H16ClNO2. The number of hydrogen-bond acceptors (Lipinski definition) is 3. The molecule has 0 fully saturated rings. The van der Waals surface area contributed by atoms with E-state index in [0.29, 0.717) is 10.8 Å². The van der Waals surface area contributed by atoms with Crippen molar-refractivity contribution in [2.45, 2.75) is 12.8 Å². The summed E-state index contributed by atoms with van der Waals surface area (Å²) >= 11 is 6.21. The van der Waals surface area contributed by atoms with Gasteiger partial charge in [-0.15, -0.1) is 0 Å². The molecule has 2 aromatic rings. The van der Waals surface area contributed by atoms with Crippen LogP contribution < -0.4 is 14.8 Å². The first-order chi connectivity index (χ1) is 9.83. The molecule has 0 atom stereocenters. The van der Waals surface area contributed by atoms with Gasteiger partial charge >= 0.3 is 0 Å². The van der Waals surface area contributed by atoms with Crippen LogP contribution in [-0.4, -0.2) is 13.3 Å². The van der Waals surface area contributed by atoms with E-state index in [1.807, 2.05) is 12.1 Å². The van der Waals surface area contributed by atoms with E-state index in [1.165, 1.54) is 5.56 Å². The van der Waals surface area contributed by atoms with Crippen molar-refractivity contribution in [2.75, 3.05) is 18.7 Å². The van der Waals surface area contributed by atoms with Crippen LogP contribution in [0.3, 0.4) is 0 Å². The molecule has 1 aliphatic rings. The number of halogens is 1. The minimum absolute atomic E-state index is 0.267. The highest BCUT2D eigenvalue weighted by molar-refractivity contribution is 6.33. The van der Waals surface area contributed by atoms with Crippen LogP contribution in [0.4, 0.5) is 5.69 Å². The molecular weight excluding hydrogens is 274 g/mol. The molecule has 0 radical (unpaired) electrons. The number of ether oxygens (including phenoxy) is 2. The van der Waals surface area contributed by atoms with Gasteiger partial charge in [0.1, 0.15) is 0 Å². The predicted octanol–water partition coefficient (Wildman–Crippen LogP) is 4.11. The van der Waals surface area contributed by atoms with E-state index in [0.717, 1.165) is 30.8 Å². The van der Waals surface area contributed by atoms with Crippen molar-refractivity contribution in [3.05, 3.63) is 53.1 Å². The van der Waals surface area contributed by atoms with Gasteiger partial charge in [0.05, 0.1) is 10.7 Å². The number of aryl methyl sites for hydroxylation is 1. The minimum Gasteiger partial charge on any atom is -0.454 e. The summed E-state index contributed by atoms with van der Waals surface area (Å²) in [6.07, 6.45) is 2.10. The van der Waals surface area contributed by atoms with E-state index in [-0.39, 0.29) is 6.79 Å². The molecule has 0 saturated carbocycles. The predicted molar refractivity (Wildman–Crippen MR) is 80.8 cm³/mol. The van der Waals surface area contributed by atoms with Gasteiger partial charge in [0.25, 0.3) is 0 Å². The normalized spacial score (nSPS) is 12.4. The molecule has 0 amide bonds. The Morgan fingerprint density at radius 1 is 1.05 bits per heavy atom. The molecule has 1 aliphatic heterocycles. The Bertz CT molecular complexity index is 587. The molecule has 2 aromatic carbocycles. The first kappa shape index (κ1) is 13.1. The molecule has 3 rings (SSSR count). The molecule has 3 nitrogen and oxygen atoms in total. The Kier molecular flexibility index (Phi) is 3.97. The average molecular weight is 290 g/mol. The molecule has 0 bridgehead atoms. The molecule has 0 spiro atoms. The van der Waals surface area contributed by atoms with Gasteiger partial charge in [-0.1, -0.05) is 41.9 Å². The molecule has 0 aromatic heterocycles. The monoisotopic (exact) mass is 289 g/mol. The number of rotatable bonds is 5. The number of benzene rings is 2. The second-order valence-corrected chi connectivity index (χ2v) is 5.11. The standard InChI is InChI=1S/C16H16ClNO2/c17-13-9-15-16(20-11-19-15)10-14(13)18-8-4-7-12-5-2-1-3-6-12/h1-3,5-6,9-10,18H,4,7-8,11H2. The third-order valence-corrected chi connectivity index (χ3v) is 3.58. The highest BCUT2D eigenvalue weighted by atomic mass is 35.5. The molecule has 0 saturated heterocycles. The lowest BCUT2D eigenvalue weighted by molar-refractivity contribution is 0.174. The summed E-state index contributed by atoms with van der Waals surface area (Å²) in [5.74, 6) is 1.46. The van der Waals surface area contributed by atoms with Crippen LogP contribution in [0.25, 0.3) is 0 Å². The number of hydrogen-bond donors (Lipinski definition) is 1. The van der Waals surface area contributed by atoms with Crippen molar-refractivity contribution in [3.8, 4) is 11.5 Å². The van der Waals surface area contributed by atoms with Gasteiger partial charge in [-0.05, 0) is 18.4 Å². The molecule has 0 unspecified atom stereocenters. The maximum atomic E-state index is 6.21. The zero-order valence-electron chi connectivity index (χ0n) is 11.1. The fourth-order valence-corrected chi connectivity index (χ4v) is 2.43. The lowest BCUT2D eigenvalue weighted by Crippen LogP contribution is -2.03. The lowest BCUT2D eigenvalue weighted by Gasteiger charge is -2.09. The van der Waals surface area contributed by atoms with E-state index in [4.69, 9.17) is 21.1 Å². The van der Waals surface area contributed by atoms with Crippen LogP contribution >= 0.6 is 11.6 Å². The van der Waals surface area contributed by atoms with Gasteiger partial charge in [-0.3, -0.25) is 0 Å². The maximum Gasteiger partial charge on any atom is 0.231 e.